The lowest BCUT2D eigenvalue weighted by Crippen LogP contribution is -2.54. The van der Waals surface area contributed by atoms with Crippen LogP contribution in [0.5, 0.6) is 0 Å². The molecule has 0 N–H and O–H groups in total. The first-order valence-corrected chi connectivity index (χ1v) is 9.07. The van der Waals surface area contributed by atoms with Gasteiger partial charge in [0.2, 0.25) is 5.91 Å². The van der Waals surface area contributed by atoms with Crippen molar-refractivity contribution in [3.05, 3.63) is 23.9 Å². The third-order valence-corrected chi connectivity index (χ3v) is 5.76. The van der Waals surface area contributed by atoms with Crippen LogP contribution in [0, 0.1) is 22.7 Å². The molecule has 1 aliphatic carbocycles. The van der Waals surface area contributed by atoms with Crippen LogP contribution < -0.4 is 4.90 Å². The maximum atomic E-state index is 12.3. The molecule has 24 heavy (non-hydrogen) atoms. The summed E-state index contributed by atoms with van der Waals surface area (Å²) in [7, 11) is 0. The zero-order chi connectivity index (χ0) is 16.6. The number of rotatable bonds is 3. The van der Waals surface area contributed by atoms with Crippen molar-refractivity contribution in [3.8, 4) is 6.07 Å². The summed E-state index contributed by atoms with van der Waals surface area (Å²) >= 11 is 0. The van der Waals surface area contributed by atoms with E-state index in [1.807, 2.05) is 12.1 Å². The maximum absolute atomic E-state index is 12.3. The molecule has 0 aromatic carbocycles. The molecule has 3 aliphatic rings. The minimum Gasteiger partial charge on any atom is -0.356 e. The van der Waals surface area contributed by atoms with E-state index in [-0.39, 0.29) is 5.41 Å². The van der Waals surface area contributed by atoms with E-state index in [0.717, 1.165) is 50.8 Å². The summed E-state index contributed by atoms with van der Waals surface area (Å²) in [6.07, 6.45) is 6.56. The number of carbonyl (C=O) groups is 1. The van der Waals surface area contributed by atoms with E-state index in [1.165, 1.54) is 19.3 Å². The average Bonchev–Trinajstić information content (AvgIpc) is 3.43. The van der Waals surface area contributed by atoms with Crippen molar-refractivity contribution >= 4 is 11.7 Å². The van der Waals surface area contributed by atoms with E-state index in [4.69, 9.17) is 5.26 Å². The zero-order valence-electron chi connectivity index (χ0n) is 14.1. The molecule has 1 saturated carbocycles. The third-order valence-electron chi connectivity index (χ3n) is 5.76. The Morgan fingerprint density at radius 1 is 1.29 bits per heavy atom. The van der Waals surface area contributed by atoms with Crippen LogP contribution in [0.1, 0.15) is 44.2 Å². The Morgan fingerprint density at radius 3 is 2.96 bits per heavy atom. The predicted octanol–water partition coefficient (Wildman–Crippen LogP) is 2.57. The van der Waals surface area contributed by atoms with Crippen molar-refractivity contribution < 1.29 is 4.79 Å². The van der Waals surface area contributed by atoms with E-state index in [9.17, 15) is 4.79 Å². The minimum absolute atomic E-state index is 0.200. The summed E-state index contributed by atoms with van der Waals surface area (Å²) in [5.74, 6) is 1.99. The Morgan fingerprint density at radius 2 is 2.17 bits per heavy atom. The fraction of sp³-hybridized carbons (Fsp3) is 0.632. The first kappa shape index (κ1) is 15.4. The van der Waals surface area contributed by atoms with E-state index in [0.29, 0.717) is 18.0 Å². The van der Waals surface area contributed by atoms with Gasteiger partial charge in [-0.15, -0.1) is 0 Å². The normalized spacial score (nSPS) is 27.4. The first-order valence-electron chi connectivity index (χ1n) is 9.07. The van der Waals surface area contributed by atoms with Crippen LogP contribution in [0.3, 0.4) is 0 Å². The van der Waals surface area contributed by atoms with Crippen LogP contribution in [0.15, 0.2) is 18.2 Å². The van der Waals surface area contributed by atoms with Gasteiger partial charge in [0.1, 0.15) is 17.6 Å². The number of amides is 1. The van der Waals surface area contributed by atoms with Crippen LogP contribution in [0.25, 0.3) is 0 Å². The number of aromatic nitrogens is 1. The molecule has 3 fully saturated rings. The van der Waals surface area contributed by atoms with Crippen LogP contribution >= 0.6 is 0 Å². The second-order valence-electron chi connectivity index (χ2n) is 7.74. The number of pyridine rings is 1. The number of piperidine rings is 2. The molecule has 1 spiro atoms. The second kappa shape index (κ2) is 6.08. The average molecular weight is 324 g/mol. The molecular formula is C19H24N4O. The maximum Gasteiger partial charge on any atom is 0.222 e. The fourth-order valence-electron chi connectivity index (χ4n) is 4.28. The molecular weight excluding hydrogens is 300 g/mol. The molecule has 1 aromatic heterocycles. The van der Waals surface area contributed by atoms with Gasteiger partial charge in [0.05, 0.1) is 0 Å². The molecule has 3 heterocycles. The molecule has 0 unspecified atom stereocenters. The number of hydrogen-bond acceptors (Lipinski definition) is 4. The monoisotopic (exact) mass is 324 g/mol. The Hall–Kier alpha value is -2.09. The summed E-state index contributed by atoms with van der Waals surface area (Å²) in [4.78, 5) is 21.2. The van der Waals surface area contributed by atoms with Crippen molar-refractivity contribution in [3.63, 3.8) is 0 Å². The van der Waals surface area contributed by atoms with E-state index in [2.05, 4.69) is 20.9 Å². The van der Waals surface area contributed by atoms with Gasteiger partial charge in [-0.2, -0.15) is 5.26 Å². The van der Waals surface area contributed by atoms with Gasteiger partial charge in [-0.1, -0.05) is 6.07 Å². The van der Waals surface area contributed by atoms with Crippen molar-refractivity contribution in [1.82, 2.24) is 9.88 Å². The molecule has 0 bridgehead atoms. The number of carbonyl (C=O) groups excluding carboxylic acids is 1. The third kappa shape index (κ3) is 3.10. The first-order chi connectivity index (χ1) is 11.7. The summed E-state index contributed by atoms with van der Waals surface area (Å²) in [6.45, 7) is 3.79. The minimum atomic E-state index is 0.200. The second-order valence-corrected chi connectivity index (χ2v) is 7.74. The molecule has 5 heteroatoms. The lowest BCUT2D eigenvalue weighted by molar-refractivity contribution is -0.138. The van der Waals surface area contributed by atoms with E-state index < -0.39 is 0 Å². The van der Waals surface area contributed by atoms with Crippen molar-refractivity contribution in [1.29, 1.82) is 5.26 Å². The highest BCUT2D eigenvalue weighted by molar-refractivity contribution is 5.77. The number of nitrogens with zero attached hydrogens (tertiary/aromatic N) is 4. The molecule has 2 aliphatic heterocycles. The van der Waals surface area contributed by atoms with Crippen LogP contribution in [-0.2, 0) is 4.79 Å². The molecule has 0 radical (unpaired) electrons. The number of anilines is 1. The largest absolute Gasteiger partial charge is 0.356 e. The van der Waals surface area contributed by atoms with Gasteiger partial charge in [-0.05, 0) is 50.2 Å². The quantitative estimate of drug-likeness (QED) is 0.857. The van der Waals surface area contributed by atoms with Crippen molar-refractivity contribution in [2.75, 3.05) is 31.1 Å². The molecule has 1 aromatic rings. The van der Waals surface area contributed by atoms with Gasteiger partial charge in [-0.25, -0.2) is 4.98 Å². The molecule has 126 valence electrons. The lowest BCUT2D eigenvalue weighted by Gasteiger charge is -2.48. The van der Waals surface area contributed by atoms with Gasteiger partial charge < -0.3 is 9.80 Å². The van der Waals surface area contributed by atoms with E-state index >= 15 is 0 Å². The number of likely N-dealkylation sites (tertiary alicyclic amines) is 1. The fourth-order valence-corrected chi connectivity index (χ4v) is 4.28. The number of nitriles is 1. The Bertz CT molecular complexity index is 678. The molecule has 4 rings (SSSR count). The predicted molar refractivity (Wildman–Crippen MR) is 91.4 cm³/mol. The summed E-state index contributed by atoms with van der Waals surface area (Å²) < 4.78 is 0. The molecule has 5 nitrogen and oxygen atoms in total. The Kier molecular flexibility index (Phi) is 3.91. The van der Waals surface area contributed by atoms with Crippen LogP contribution in [0.4, 0.5) is 5.82 Å². The van der Waals surface area contributed by atoms with Gasteiger partial charge in [0, 0.05) is 38.0 Å². The van der Waals surface area contributed by atoms with Gasteiger partial charge in [0.15, 0.2) is 0 Å². The highest BCUT2D eigenvalue weighted by atomic mass is 16.2. The van der Waals surface area contributed by atoms with Crippen molar-refractivity contribution in [2.45, 2.75) is 38.5 Å². The molecule has 1 amide bonds. The standard InChI is InChI=1S/C19H24N4O/c20-11-16-3-1-4-17(21-16)22-10-2-8-19(13-22)9-7-18(24)23(14-19)12-15-5-6-15/h1,3-4,15H,2,5-10,12-14H2/t19-/m0/s1. The lowest BCUT2D eigenvalue weighted by atomic mass is 9.73. The Labute approximate surface area is 143 Å². The summed E-state index contributed by atoms with van der Waals surface area (Å²) in [5, 5.41) is 9.08. The van der Waals surface area contributed by atoms with Gasteiger partial charge >= 0.3 is 0 Å². The van der Waals surface area contributed by atoms with E-state index in [1.54, 1.807) is 6.07 Å². The smallest absolute Gasteiger partial charge is 0.222 e. The SMILES string of the molecule is N#Cc1cccc(N2CCC[C@]3(CCC(=O)N(CC4CC4)C3)C2)n1. The van der Waals surface area contributed by atoms with Gasteiger partial charge in [-0.3, -0.25) is 4.79 Å². The highest BCUT2D eigenvalue weighted by Gasteiger charge is 2.43. The number of hydrogen-bond donors (Lipinski definition) is 0. The zero-order valence-corrected chi connectivity index (χ0v) is 14.1. The van der Waals surface area contributed by atoms with Crippen LogP contribution in [0.2, 0.25) is 0 Å². The van der Waals surface area contributed by atoms with Crippen molar-refractivity contribution in [2.24, 2.45) is 11.3 Å². The molecule has 2 saturated heterocycles. The highest BCUT2D eigenvalue weighted by Crippen LogP contribution is 2.41. The Balaban J connectivity index is 1.50. The van der Waals surface area contributed by atoms with Gasteiger partial charge in [0.25, 0.3) is 0 Å². The summed E-state index contributed by atoms with van der Waals surface area (Å²) in [5.41, 5.74) is 0.673. The topological polar surface area (TPSA) is 60.2 Å². The molecule has 1 atom stereocenters. The van der Waals surface area contributed by atoms with Crippen LogP contribution in [-0.4, -0.2) is 42.0 Å². The summed E-state index contributed by atoms with van der Waals surface area (Å²) in [6, 6.07) is 7.78.